The molecule has 4 heteroatoms. The summed E-state index contributed by atoms with van der Waals surface area (Å²) < 4.78 is 0. The van der Waals surface area contributed by atoms with Crippen LogP contribution in [-0.4, -0.2) is 5.91 Å². The van der Waals surface area contributed by atoms with E-state index >= 15 is 0 Å². The number of nitrogens with zero attached hydrogens (tertiary/aromatic N) is 1. The Balaban J connectivity index is 1.45. The number of aryl methyl sites for hydroxylation is 2. The van der Waals surface area contributed by atoms with Crippen LogP contribution in [0.4, 0.5) is 0 Å². The number of nitriles is 1. The lowest BCUT2D eigenvalue weighted by Gasteiger charge is -2.14. The highest BCUT2D eigenvalue weighted by Gasteiger charge is 2.18. The van der Waals surface area contributed by atoms with Gasteiger partial charge in [0, 0.05) is 4.88 Å². The van der Waals surface area contributed by atoms with E-state index in [0.29, 0.717) is 5.56 Å². The molecule has 1 N–H and O–H groups in total. The van der Waals surface area contributed by atoms with Gasteiger partial charge >= 0.3 is 0 Å². The van der Waals surface area contributed by atoms with Crippen molar-refractivity contribution in [1.29, 1.82) is 5.26 Å². The van der Waals surface area contributed by atoms with Gasteiger partial charge in [0.05, 0.1) is 22.6 Å². The fourth-order valence-corrected chi connectivity index (χ4v) is 5.02. The predicted molar refractivity (Wildman–Crippen MR) is 118 cm³/mol. The number of hydrogen-bond acceptors (Lipinski definition) is 3. The Labute approximate surface area is 176 Å². The first kappa shape index (κ1) is 19.4. The first-order valence-corrected chi connectivity index (χ1v) is 11.0. The lowest BCUT2D eigenvalue weighted by molar-refractivity contribution is 0.0944. The standard InChI is InChI=1S/C25H24N2OS/c1-17(27-25(28)24-15-22-7-3-2-4-9-23(22)29-24)19-10-12-20(13-11-19)21-8-5-6-18(14-21)16-26/h5-6,8,10-15,17H,2-4,7,9H2,1H3,(H,27,28). The van der Waals surface area contributed by atoms with Gasteiger partial charge in [0.2, 0.25) is 0 Å². The summed E-state index contributed by atoms with van der Waals surface area (Å²) in [4.78, 5) is 15.0. The largest absolute Gasteiger partial charge is 0.345 e. The average molecular weight is 401 g/mol. The summed E-state index contributed by atoms with van der Waals surface area (Å²) in [5, 5.41) is 12.2. The molecule has 0 aliphatic heterocycles. The number of thiophene rings is 1. The van der Waals surface area contributed by atoms with Crippen molar-refractivity contribution in [3.8, 4) is 17.2 Å². The molecule has 1 aliphatic carbocycles. The zero-order chi connectivity index (χ0) is 20.2. The van der Waals surface area contributed by atoms with Gasteiger partial charge in [-0.2, -0.15) is 5.26 Å². The molecule has 146 valence electrons. The number of hydrogen-bond donors (Lipinski definition) is 1. The Morgan fingerprint density at radius 1 is 1.03 bits per heavy atom. The normalized spacial score (nSPS) is 14.3. The zero-order valence-corrected chi connectivity index (χ0v) is 17.4. The molecule has 1 amide bonds. The third-order valence-corrected chi connectivity index (χ3v) is 6.79. The summed E-state index contributed by atoms with van der Waals surface area (Å²) >= 11 is 1.66. The Morgan fingerprint density at radius 2 is 1.83 bits per heavy atom. The molecule has 1 aliphatic rings. The highest BCUT2D eigenvalue weighted by Crippen LogP contribution is 2.29. The van der Waals surface area contributed by atoms with Crippen molar-refractivity contribution in [2.45, 2.75) is 45.1 Å². The smallest absolute Gasteiger partial charge is 0.261 e. The predicted octanol–water partition coefficient (Wildman–Crippen LogP) is 6.05. The average Bonchev–Trinajstić information content (AvgIpc) is 3.04. The lowest BCUT2D eigenvalue weighted by atomic mass is 10.00. The topological polar surface area (TPSA) is 52.9 Å². The van der Waals surface area contributed by atoms with Crippen LogP contribution in [0.3, 0.4) is 0 Å². The van der Waals surface area contributed by atoms with E-state index < -0.39 is 0 Å². The third-order valence-electron chi connectivity index (χ3n) is 5.55. The molecule has 1 aromatic heterocycles. The molecule has 0 saturated carbocycles. The number of rotatable bonds is 4. The molecular weight excluding hydrogens is 376 g/mol. The summed E-state index contributed by atoms with van der Waals surface area (Å²) in [6, 6.07) is 20.0. The summed E-state index contributed by atoms with van der Waals surface area (Å²) in [5.74, 6) is 0.0152. The third kappa shape index (κ3) is 4.41. The second-order valence-electron chi connectivity index (χ2n) is 7.63. The van der Waals surface area contributed by atoms with Crippen molar-refractivity contribution >= 4 is 17.2 Å². The van der Waals surface area contributed by atoms with Crippen molar-refractivity contribution < 1.29 is 4.79 Å². The maximum Gasteiger partial charge on any atom is 0.261 e. The van der Waals surface area contributed by atoms with Crippen molar-refractivity contribution in [1.82, 2.24) is 5.32 Å². The van der Waals surface area contributed by atoms with Gasteiger partial charge in [0.25, 0.3) is 5.91 Å². The van der Waals surface area contributed by atoms with E-state index in [1.807, 2.05) is 49.4 Å². The molecule has 1 heterocycles. The van der Waals surface area contributed by atoms with Crippen LogP contribution >= 0.6 is 11.3 Å². The number of benzene rings is 2. The van der Waals surface area contributed by atoms with Crippen LogP contribution < -0.4 is 5.32 Å². The van der Waals surface area contributed by atoms with Gasteiger partial charge in [0.1, 0.15) is 0 Å². The molecular formula is C25H24N2OS. The molecule has 0 saturated heterocycles. The zero-order valence-electron chi connectivity index (χ0n) is 16.6. The van der Waals surface area contributed by atoms with Crippen LogP contribution in [0.1, 0.15) is 63.5 Å². The maximum absolute atomic E-state index is 12.8. The number of carbonyl (C=O) groups excluding carboxylic acids is 1. The van der Waals surface area contributed by atoms with Crippen LogP contribution in [0.5, 0.6) is 0 Å². The molecule has 0 radical (unpaired) electrons. The van der Waals surface area contributed by atoms with Gasteiger partial charge < -0.3 is 5.32 Å². The molecule has 1 atom stereocenters. The van der Waals surface area contributed by atoms with E-state index in [1.165, 1.54) is 29.7 Å². The molecule has 3 aromatic rings. The quantitative estimate of drug-likeness (QED) is 0.542. The first-order valence-electron chi connectivity index (χ1n) is 10.2. The van der Waals surface area contributed by atoms with Gasteiger partial charge in [-0.1, -0.05) is 42.8 Å². The maximum atomic E-state index is 12.8. The fourth-order valence-electron chi connectivity index (χ4n) is 3.86. The van der Waals surface area contributed by atoms with Gasteiger partial charge in [-0.25, -0.2) is 0 Å². The minimum Gasteiger partial charge on any atom is -0.345 e. The van der Waals surface area contributed by atoms with E-state index in [9.17, 15) is 4.79 Å². The minimum atomic E-state index is -0.0658. The van der Waals surface area contributed by atoms with Crippen LogP contribution in [0.15, 0.2) is 54.6 Å². The van der Waals surface area contributed by atoms with Crippen molar-refractivity contribution in [3.63, 3.8) is 0 Å². The van der Waals surface area contributed by atoms with E-state index in [1.54, 1.807) is 17.4 Å². The molecule has 4 rings (SSSR count). The number of amides is 1. The summed E-state index contributed by atoms with van der Waals surface area (Å²) in [6.45, 7) is 2.02. The van der Waals surface area contributed by atoms with Crippen molar-refractivity contribution in [2.75, 3.05) is 0 Å². The van der Waals surface area contributed by atoms with Crippen LogP contribution in [0.2, 0.25) is 0 Å². The molecule has 1 unspecified atom stereocenters. The van der Waals surface area contributed by atoms with Crippen LogP contribution in [-0.2, 0) is 12.8 Å². The fraction of sp³-hybridized carbons (Fsp3) is 0.280. The van der Waals surface area contributed by atoms with Gasteiger partial charge in [-0.3, -0.25) is 4.79 Å². The van der Waals surface area contributed by atoms with Gasteiger partial charge in [-0.05, 0) is 73.1 Å². The van der Waals surface area contributed by atoms with E-state index in [4.69, 9.17) is 5.26 Å². The van der Waals surface area contributed by atoms with Crippen LogP contribution in [0.25, 0.3) is 11.1 Å². The second kappa shape index (κ2) is 8.63. The minimum absolute atomic E-state index is 0.0152. The number of fused-ring (bicyclic) bond motifs is 1. The summed E-state index contributed by atoms with van der Waals surface area (Å²) in [7, 11) is 0. The summed E-state index contributed by atoms with van der Waals surface area (Å²) in [5.41, 5.74) is 5.17. The Bertz CT molecular complexity index is 1040. The Hall–Kier alpha value is -2.90. The molecule has 3 nitrogen and oxygen atoms in total. The van der Waals surface area contributed by atoms with E-state index in [0.717, 1.165) is 34.4 Å². The van der Waals surface area contributed by atoms with E-state index in [2.05, 4.69) is 17.5 Å². The van der Waals surface area contributed by atoms with Gasteiger partial charge in [-0.15, -0.1) is 11.3 Å². The molecule has 29 heavy (non-hydrogen) atoms. The first-order chi connectivity index (χ1) is 14.1. The SMILES string of the molecule is CC(NC(=O)c1cc2c(s1)CCCCC2)c1ccc(-c2cccc(C#N)c2)cc1. The lowest BCUT2D eigenvalue weighted by Crippen LogP contribution is -2.25. The number of nitrogens with one attached hydrogen (secondary N) is 1. The van der Waals surface area contributed by atoms with Gasteiger partial charge in [0.15, 0.2) is 0 Å². The molecule has 0 spiro atoms. The Kier molecular flexibility index (Phi) is 5.78. The second-order valence-corrected chi connectivity index (χ2v) is 8.77. The van der Waals surface area contributed by atoms with Crippen LogP contribution in [0, 0.1) is 11.3 Å². The van der Waals surface area contributed by atoms with Crippen molar-refractivity contribution in [2.24, 2.45) is 0 Å². The summed E-state index contributed by atoms with van der Waals surface area (Å²) in [6.07, 6.45) is 5.95. The molecule has 0 bridgehead atoms. The highest BCUT2D eigenvalue weighted by molar-refractivity contribution is 7.14. The number of carbonyl (C=O) groups is 1. The van der Waals surface area contributed by atoms with E-state index in [-0.39, 0.29) is 11.9 Å². The molecule has 2 aromatic carbocycles. The highest BCUT2D eigenvalue weighted by atomic mass is 32.1. The van der Waals surface area contributed by atoms with Crippen molar-refractivity contribution in [3.05, 3.63) is 81.0 Å². The Morgan fingerprint density at radius 3 is 2.62 bits per heavy atom. The monoisotopic (exact) mass is 400 g/mol. The molecule has 0 fully saturated rings.